The van der Waals surface area contributed by atoms with E-state index in [4.69, 9.17) is 33.7 Å². The van der Waals surface area contributed by atoms with E-state index in [2.05, 4.69) is 36.9 Å². The van der Waals surface area contributed by atoms with E-state index in [-0.39, 0.29) is 10.6 Å². The second-order valence-corrected chi connectivity index (χ2v) is 10.5. The second-order valence-electron chi connectivity index (χ2n) is 9.68. The van der Waals surface area contributed by atoms with Crippen molar-refractivity contribution in [3.63, 3.8) is 0 Å². The van der Waals surface area contributed by atoms with Gasteiger partial charge in [-0.3, -0.25) is 14.9 Å². The molecular formula is C30H29Cl2FN8O. The lowest BCUT2D eigenvalue weighted by atomic mass is 10.0. The first-order valence-electron chi connectivity index (χ1n) is 13.3. The number of fused-ring (bicyclic) bond motifs is 1. The van der Waals surface area contributed by atoms with Gasteiger partial charge in [0.15, 0.2) is 0 Å². The van der Waals surface area contributed by atoms with Crippen LogP contribution in [0.2, 0.25) is 10.0 Å². The van der Waals surface area contributed by atoms with Crippen molar-refractivity contribution in [2.24, 2.45) is 5.73 Å². The van der Waals surface area contributed by atoms with Crippen LogP contribution < -0.4 is 21.7 Å². The zero-order valence-electron chi connectivity index (χ0n) is 22.6. The maximum atomic E-state index is 13.8. The van der Waals surface area contributed by atoms with Crippen molar-refractivity contribution in [2.75, 3.05) is 50.0 Å². The minimum absolute atomic E-state index is 0.0441. The van der Waals surface area contributed by atoms with Gasteiger partial charge < -0.3 is 26.4 Å². The van der Waals surface area contributed by atoms with E-state index in [0.29, 0.717) is 38.7 Å². The maximum absolute atomic E-state index is 13.8. The van der Waals surface area contributed by atoms with Crippen LogP contribution in [0.4, 0.5) is 21.5 Å². The van der Waals surface area contributed by atoms with E-state index in [0.717, 1.165) is 45.0 Å². The number of hydrogen-bond donors (Lipinski definition) is 4. The molecule has 0 unspecified atom stereocenters. The van der Waals surface area contributed by atoms with Crippen molar-refractivity contribution in [2.45, 2.75) is 6.04 Å². The van der Waals surface area contributed by atoms with Crippen molar-refractivity contribution in [1.82, 2.24) is 20.2 Å². The molecule has 42 heavy (non-hydrogen) atoms. The fourth-order valence-electron chi connectivity index (χ4n) is 4.67. The Balaban J connectivity index is 1.45. The molecular weight excluding hydrogens is 578 g/mol. The zero-order valence-corrected chi connectivity index (χ0v) is 24.1. The number of nitrogens with zero attached hydrogens (tertiary/aromatic N) is 4. The van der Waals surface area contributed by atoms with E-state index in [1.54, 1.807) is 24.7 Å². The van der Waals surface area contributed by atoms with Crippen molar-refractivity contribution in [3.05, 3.63) is 99.9 Å². The smallest absolute Gasteiger partial charge is 0.141 e. The van der Waals surface area contributed by atoms with Gasteiger partial charge in [-0.25, -0.2) is 4.39 Å². The molecule has 1 aliphatic heterocycles. The molecule has 1 fully saturated rings. The number of nitriles is 1. The molecule has 9 nitrogen and oxygen atoms in total. The number of halogens is 3. The van der Waals surface area contributed by atoms with Gasteiger partial charge in [-0.05, 0) is 42.0 Å². The molecule has 2 aromatic carbocycles. The molecule has 0 bridgehead atoms. The normalized spacial score (nSPS) is 14.8. The second kappa shape index (κ2) is 13.7. The molecule has 5 N–H and O–H groups in total. The fourth-order valence-corrected chi connectivity index (χ4v) is 5.12. The number of nitrogens with two attached hydrogens (primary N) is 1. The lowest BCUT2D eigenvalue weighted by Gasteiger charge is -2.26. The number of nitrogens with one attached hydrogen (secondary N) is 3. The summed E-state index contributed by atoms with van der Waals surface area (Å²) in [7, 11) is 0. The Hall–Kier alpha value is -4.14. The first kappa shape index (κ1) is 29.4. The summed E-state index contributed by atoms with van der Waals surface area (Å²) in [5.41, 5.74) is 10.4. The van der Waals surface area contributed by atoms with Gasteiger partial charge in [0.1, 0.15) is 11.9 Å². The number of aromatic nitrogens is 2. The Kier molecular flexibility index (Phi) is 9.56. The summed E-state index contributed by atoms with van der Waals surface area (Å²) in [6.45, 7) is 4.93. The van der Waals surface area contributed by atoms with Crippen molar-refractivity contribution >= 4 is 51.2 Å². The van der Waals surface area contributed by atoms with Crippen LogP contribution in [0.1, 0.15) is 17.2 Å². The number of ether oxygens (including phenoxy) is 1. The summed E-state index contributed by atoms with van der Waals surface area (Å²) >= 11 is 12.7. The Morgan fingerprint density at radius 2 is 1.95 bits per heavy atom. The molecule has 3 heterocycles. The first-order valence-corrected chi connectivity index (χ1v) is 14.1. The molecule has 0 spiro atoms. The molecule has 1 saturated heterocycles. The summed E-state index contributed by atoms with van der Waals surface area (Å²) in [5.74, 6) is -0.542. The fraction of sp³-hybridized carbons (Fsp3) is 0.233. The predicted molar refractivity (Wildman–Crippen MR) is 164 cm³/mol. The maximum Gasteiger partial charge on any atom is 0.141 e. The molecule has 5 rings (SSSR count). The predicted octanol–water partition coefficient (Wildman–Crippen LogP) is 5.57. The third-order valence-corrected chi connectivity index (χ3v) is 7.42. The highest BCUT2D eigenvalue weighted by molar-refractivity contribution is 6.36. The number of hydrogen-bond acceptors (Lipinski definition) is 9. The quantitative estimate of drug-likeness (QED) is 0.172. The summed E-state index contributed by atoms with van der Waals surface area (Å²) in [6.07, 6.45) is 6.68. The van der Waals surface area contributed by atoms with Gasteiger partial charge in [0.2, 0.25) is 0 Å². The molecule has 12 heteroatoms. The van der Waals surface area contributed by atoms with Crippen LogP contribution in [0.5, 0.6) is 0 Å². The van der Waals surface area contributed by atoms with Crippen LogP contribution in [0.25, 0.3) is 10.9 Å². The topological polar surface area (TPSA) is 124 Å². The Bertz CT molecular complexity index is 1620. The SMILES string of the molecule is N#Cc1cnc2c(Cl)cc(N[C@H](/C(N)=C/NCCN3CCOCC3)c3cccnc3)cc2c1Nc1ccc(F)c(Cl)c1. The van der Waals surface area contributed by atoms with Gasteiger partial charge in [0.25, 0.3) is 0 Å². The molecule has 0 radical (unpaired) electrons. The molecule has 1 atom stereocenters. The van der Waals surface area contributed by atoms with Crippen molar-refractivity contribution < 1.29 is 9.13 Å². The van der Waals surface area contributed by atoms with Gasteiger partial charge in [0.05, 0.1) is 51.8 Å². The molecule has 4 aromatic rings. The summed E-state index contributed by atoms with van der Waals surface area (Å²) in [5, 5.41) is 20.7. The van der Waals surface area contributed by atoms with E-state index in [1.165, 1.54) is 24.4 Å². The van der Waals surface area contributed by atoms with Gasteiger partial charge >= 0.3 is 0 Å². The Labute approximate surface area is 253 Å². The number of anilines is 3. The van der Waals surface area contributed by atoms with Gasteiger partial charge in [-0.15, -0.1) is 0 Å². The highest BCUT2D eigenvalue weighted by Gasteiger charge is 2.19. The minimum Gasteiger partial charge on any atom is -0.399 e. The van der Waals surface area contributed by atoms with Crippen LogP contribution >= 0.6 is 23.2 Å². The Morgan fingerprint density at radius 1 is 1.14 bits per heavy atom. The molecule has 0 saturated carbocycles. The van der Waals surface area contributed by atoms with E-state index in [9.17, 15) is 9.65 Å². The molecule has 0 amide bonds. The molecule has 216 valence electrons. The van der Waals surface area contributed by atoms with E-state index < -0.39 is 11.9 Å². The Morgan fingerprint density at radius 3 is 2.69 bits per heavy atom. The first-order chi connectivity index (χ1) is 20.4. The summed E-state index contributed by atoms with van der Waals surface area (Å²) in [6, 6.07) is 13.3. The largest absolute Gasteiger partial charge is 0.399 e. The highest BCUT2D eigenvalue weighted by Crippen LogP contribution is 2.36. The van der Waals surface area contributed by atoms with Crippen molar-refractivity contribution in [1.29, 1.82) is 5.26 Å². The van der Waals surface area contributed by atoms with E-state index in [1.807, 2.05) is 18.2 Å². The highest BCUT2D eigenvalue weighted by atomic mass is 35.5. The van der Waals surface area contributed by atoms with Gasteiger partial charge in [0, 0.05) is 67.7 Å². The van der Waals surface area contributed by atoms with Gasteiger partial charge in [-0.2, -0.15) is 5.26 Å². The average molecular weight is 608 g/mol. The zero-order chi connectivity index (χ0) is 29.5. The summed E-state index contributed by atoms with van der Waals surface area (Å²) in [4.78, 5) is 11.0. The number of pyridine rings is 2. The average Bonchev–Trinajstić information content (AvgIpc) is 3.01. The molecule has 1 aliphatic rings. The third kappa shape index (κ3) is 7.01. The van der Waals surface area contributed by atoms with Crippen LogP contribution in [-0.2, 0) is 4.74 Å². The van der Waals surface area contributed by atoms with Crippen LogP contribution in [-0.4, -0.2) is 54.3 Å². The number of benzene rings is 2. The third-order valence-electron chi connectivity index (χ3n) is 6.84. The lowest BCUT2D eigenvalue weighted by Crippen LogP contribution is -2.39. The van der Waals surface area contributed by atoms with Crippen LogP contribution in [0.3, 0.4) is 0 Å². The minimum atomic E-state index is -0.542. The monoisotopic (exact) mass is 606 g/mol. The standard InChI is InChI=1S/C30H29Cl2FN8O/c31-24-13-21(3-4-26(24)33)39-28-20(15-34)17-38-30-23(28)12-22(14-25(30)32)40-29(19-2-1-5-36-16-19)27(35)18-37-6-7-41-8-10-42-11-9-41/h1-5,12-14,16-18,29,37,40H,6-11,35H2,(H,38,39)/b27-18-/t29-/m0/s1. The summed E-state index contributed by atoms with van der Waals surface area (Å²) < 4.78 is 19.2. The number of rotatable bonds is 10. The molecule has 0 aliphatic carbocycles. The van der Waals surface area contributed by atoms with E-state index >= 15 is 0 Å². The lowest BCUT2D eigenvalue weighted by molar-refractivity contribution is 0.0388. The van der Waals surface area contributed by atoms with Crippen molar-refractivity contribution in [3.8, 4) is 6.07 Å². The molecule has 2 aromatic heterocycles. The van der Waals surface area contributed by atoms with Crippen LogP contribution in [0, 0.1) is 17.1 Å². The van der Waals surface area contributed by atoms with Crippen LogP contribution in [0.15, 0.2) is 73.0 Å². The van der Waals surface area contributed by atoms with Gasteiger partial charge in [-0.1, -0.05) is 29.3 Å². The number of morpholine rings is 1.